The molecule has 3 heterocycles. The maximum atomic E-state index is 12.3. The van der Waals surface area contributed by atoms with E-state index in [0.29, 0.717) is 13.1 Å². The Morgan fingerprint density at radius 3 is 2.89 bits per heavy atom. The van der Waals surface area contributed by atoms with Gasteiger partial charge >= 0.3 is 0 Å². The third-order valence-electron chi connectivity index (χ3n) is 4.76. The van der Waals surface area contributed by atoms with Gasteiger partial charge in [0.2, 0.25) is 5.91 Å². The van der Waals surface area contributed by atoms with Crippen LogP contribution in [-0.4, -0.2) is 22.3 Å². The number of carbonyl (C=O) groups is 1. The summed E-state index contributed by atoms with van der Waals surface area (Å²) in [6.45, 7) is 4.82. The average Bonchev–Trinajstić information content (AvgIpc) is 3.06. The molecule has 6 heteroatoms. The zero-order valence-electron chi connectivity index (χ0n) is 14.4. The van der Waals surface area contributed by atoms with Crippen molar-refractivity contribution in [3.63, 3.8) is 0 Å². The number of benzene rings is 1. The Balaban J connectivity index is 1.85. The monoisotopic (exact) mass is 458 g/mol. The molecule has 0 radical (unpaired) electrons. The van der Waals surface area contributed by atoms with Gasteiger partial charge in [-0.2, -0.15) is 0 Å². The summed E-state index contributed by atoms with van der Waals surface area (Å²) in [5, 5.41) is 0. The minimum atomic E-state index is -0.0585. The lowest BCUT2D eigenvalue weighted by atomic mass is 9.84. The predicted octanol–water partition coefficient (Wildman–Crippen LogP) is 5.89. The van der Waals surface area contributed by atoms with Crippen molar-refractivity contribution in [2.75, 3.05) is 6.54 Å². The summed E-state index contributed by atoms with van der Waals surface area (Å²) in [5.41, 5.74) is 4.51. The highest BCUT2D eigenvalue weighted by Crippen LogP contribution is 2.42. The molecule has 0 bridgehead atoms. The molecule has 0 saturated heterocycles. The van der Waals surface area contributed by atoms with Crippen molar-refractivity contribution >= 4 is 44.8 Å². The van der Waals surface area contributed by atoms with Crippen LogP contribution >= 0.6 is 38.9 Å². The van der Waals surface area contributed by atoms with E-state index in [-0.39, 0.29) is 11.8 Å². The SMILES string of the molecule is C=CC(=O)N1Cc2sc(Cl)cc2C(c2ccccc2-c2cncc(Br)c2)C1. The summed E-state index contributed by atoms with van der Waals surface area (Å²) < 4.78 is 1.68. The summed E-state index contributed by atoms with van der Waals surface area (Å²) in [6.07, 6.45) is 5.01. The molecule has 0 fully saturated rings. The first-order valence-electron chi connectivity index (χ1n) is 8.46. The standard InChI is InChI=1S/C21H16BrClN2OS/c1-2-21(26)25-11-18(17-8-20(23)27-19(17)12-25)16-6-4-3-5-15(16)13-7-14(22)10-24-9-13/h2-10,18H,1,11-12H2. The number of hydrogen-bond acceptors (Lipinski definition) is 3. The molecule has 1 unspecified atom stereocenters. The number of carbonyl (C=O) groups excluding carboxylic acids is 1. The highest BCUT2D eigenvalue weighted by atomic mass is 79.9. The number of aromatic nitrogens is 1. The molecule has 1 amide bonds. The number of hydrogen-bond donors (Lipinski definition) is 0. The van der Waals surface area contributed by atoms with E-state index < -0.39 is 0 Å². The third-order valence-corrected chi connectivity index (χ3v) is 6.46. The van der Waals surface area contributed by atoms with Crippen LogP contribution in [0.15, 0.2) is 65.9 Å². The molecular weight excluding hydrogens is 444 g/mol. The van der Waals surface area contributed by atoms with Gasteiger partial charge in [0.15, 0.2) is 0 Å². The molecule has 1 atom stereocenters. The number of thiophene rings is 1. The molecule has 0 N–H and O–H groups in total. The third kappa shape index (κ3) is 3.59. The Hall–Kier alpha value is -1.95. The van der Waals surface area contributed by atoms with Gasteiger partial charge in [-0.05, 0) is 50.8 Å². The summed E-state index contributed by atoms with van der Waals surface area (Å²) in [5.74, 6) is -0.00615. The molecule has 3 aromatic rings. The van der Waals surface area contributed by atoms with E-state index in [1.807, 2.05) is 29.3 Å². The van der Waals surface area contributed by atoms with E-state index in [0.717, 1.165) is 30.4 Å². The Morgan fingerprint density at radius 2 is 2.11 bits per heavy atom. The summed E-state index contributed by atoms with van der Waals surface area (Å²) >= 11 is 11.4. The highest BCUT2D eigenvalue weighted by Gasteiger charge is 2.31. The van der Waals surface area contributed by atoms with Crippen LogP contribution in [0.2, 0.25) is 4.34 Å². The van der Waals surface area contributed by atoms with E-state index in [4.69, 9.17) is 11.6 Å². The van der Waals surface area contributed by atoms with E-state index >= 15 is 0 Å². The van der Waals surface area contributed by atoms with Crippen molar-refractivity contribution in [1.29, 1.82) is 0 Å². The van der Waals surface area contributed by atoms with Crippen LogP contribution in [0.25, 0.3) is 11.1 Å². The number of pyridine rings is 1. The second-order valence-corrected chi connectivity index (χ2v) is 9.07. The van der Waals surface area contributed by atoms with E-state index in [2.05, 4.69) is 45.7 Å². The smallest absolute Gasteiger partial charge is 0.246 e. The second-order valence-electron chi connectivity index (χ2n) is 6.38. The molecule has 0 saturated carbocycles. The van der Waals surface area contributed by atoms with Gasteiger partial charge in [0, 0.05) is 39.8 Å². The molecule has 136 valence electrons. The molecule has 4 rings (SSSR count). The van der Waals surface area contributed by atoms with Gasteiger partial charge in [-0.15, -0.1) is 11.3 Å². The van der Waals surface area contributed by atoms with Gasteiger partial charge < -0.3 is 4.90 Å². The quantitative estimate of drug-likeness (QED) is 0.458. The Bertz CT molecular complexity index is 1030. The Kier molecular flexibility index (Phi) is 5.17. The zero-order chi connectivity index (χ0) is 19.0. The lowest BCUT2D eigenvalue weighted by molar-refractivity contribution is -0.127. The fourth-order valence-electron chi connectivity index (χ4n) is 3.57. The van der Waals surface area contributed by atoms with E-state index in [1.54, 1.807) is 17.5 Å². The molecule has 0 aliphatic carbocycles. The molecule has 3 nitrogen and oxygen atoms in total. The predicted molar refractivity (Wildman–Crippen MR) is 114 cm³/mol. The number of fused-ring (bicyclic) bond motifs is 1. The first-order chi connectivity index (χ1) is 13.1. The van der Waals surface area contributed by atoms with Gasteiger partial charge in [0.05, 0.1) is 10.9 Å². The molecule has 2 aromatic heterocycles. The summed E-state index contributed by atoms with van der Waals surface area (Å²) in [4.78, 5) is 19.6. The highest BCUT2D eigenvalue weighted by molar-refractivity contribution is 9.10. The number of halogens is 2. The van der Waals surface area contributed by atoms with Crippen molar-refractivity contribution < 1.29 is 4.79 Å². The van der Waals surface area contributed by atoms with Gasteiger partial charge in [-0.25, -0.2) is 0 Å². The van der Waals surface area contributed by atoms with Crippen molar-refractivity contribution in [3.05, 3.63) is 86.3 Å². The number of nitrogens with zero attached hydrogens (tertiary/aromatic N) is 2. The molecule has 1 aliphatic rings. The lowest BCUT2D eigenvalue weighted by Crippen LogP contribution is -2.37. The molecule has 27 heavy (non-hydrogen) atoms. The van der Waals surface area contributed by atoms with Crippen molar-refractivity contribution in [3.8, 4) is 11.1 Å². The molecule has 1 aromatic carbocycles. The van der Waals surface area contributed by atoms with Gasteiger partial charge in [0.25, 0.3) is 0 Å². The summed E-state index contributed by atoms with van der Waals surface area (Å²) in [7, 11) is 0. The normalized spacial score (nSPS) is 16.1. The van der Waals surface area contributed by atoms with Crippen molar-refractivity contribution in [2.45, 2.75) is 12.5 Å². The van der Waals surface area contributed by atoms with Crippen molar-refractivity contribution in [1.82, 2.24) is 9.88 Å². The maximum absolute atomic E-state index is 12.3. The van der Waals surface area contributed by atoms with E-state index in [9.17, 15) is 4.79 Å². The maximum Gasteiger partial charge on any atom is 0.246 e. The van der Waals surface area contributed by atoms with Crippen LogP contribution in [0.1, 0.15) is 21.9 Å². The van der Waals surface area contributed by atoms with Crippen LogP contribution in [0.5, 0.6) is 0 Å². The minimum Gasteiger partial charge on any atom is -0.333 e. The van der Waals surface area contributed by atoms with Crippen LogP contribution < -0.4 is 0 Å². The topological polar surface area (TPSA) is 33.2 Å². The minimum absolute atomic E-state index is 0.0524. The number of amides is 1. The van der Waals surface area contributed by atoms with E-state index in [1.165, 1.54) is 11.6 Å². The Labute approximate surface area is 175 Å². The first-order valence-corrected chi connectivity index (χ1v) is 10.4. The number of rotatable bonds is 3. The van der Waals surface area contributed by atoms with Crippen LogP contribution in [0.4, 0.5) is 0 Å². The lowest BCUT2D eigenvalue weighted by Gasteiger charge is -2.33. The van der Waals surface area contributed by atoms with Crippen molar-refractivity contribution in [2.24, 2.45) is 0 Å². The first kappa shape index (κ1) is 18.4. The molecule has 0 spiro atoms. The fraction of sp³-hybridized carbons (Fsp3) is 0.143. The van der Waals surface area contributed by atoms with Gasteiger partial charge in [-0.3, -0.25) is 9.78 Å². The zero-order valence-corrected chi connectivity index (χ0v) is 17.5. The van der Waals surface area contributed by atoms with Gasteiger partial charge in [-0.1, -0.05) is 42.4 Å². The van der Waals surface area contributed by atoms with Crippen LogP contribution in [0, 0.1) is 0 Å². The largest absolute Gasteiger partial charge is 0.333 e. The average molecular weight is 460 g/mol. The second kappa shape index (κ2) is 7.58. The molecular formula is C21H16BrClN2OS. The summed E-state index contributed by atoms with van der Waals surface area (Å²) in [6, 6.07) is 12.4. The fourth-order valence-corrected chi connectivity index (χ4v) is 5.29. The van der Waals surface area contributed by atoms with Crippen LogP contribution in [0.3, 0.4) is 0 Å². The van der Waals surface area contributed by atoms with Crippen LogP contribution in [-0.2, 0) is 11.3 Å². The van der Waals surface area contributed by atoms with Gasteiger partial charge in [0.1, 0.15) is 0 Å². The Morgan fingerprint density at radius 1 is 1.30 bits per heavy atom. The molecule has 1 aliphatic heterocycles.